The van der Waals surface area contributed by atoms with Gasteiger partial charge in [0.2, 0.25) is 0 Å². The first-order valence-electron chi connectivity index (χ1n) is 5.09. The topological polar surface area (TPSA) is 43.8 Å². The Bertz CT molecular complexity index is 341. The highest BCUT2D eigenvalue weighted by molar-refractivity contribution is 9.10. The van der Waals surface area contributed by atoms with Gasteiger partial charge in [-0.15, -0.1) is 0 Å². The quantitative estimate of drug-likeness (QED) is 0.905. The standard InChI is InChI=1S/C10H16BrN3/c1-6(5-8-3-4-8)14-10(12)9(11)7(2)13-14/h6,8H,3-5,12H2,1-2H3. The Balaban J connectivity index is 2.17. The maximum atomic E-state index is 5.95. The van der Waals surface area contributed by atoms with E-state index in [4.69, 9.17) is 5.73 Å². The van der Waals surface area contributed by atoms with Crippen molar-refractivity contribution < 1.29 is 0 Å². The van der Waals surface area contributed by atoms with E-state index in [1.807, 2.05) is 11.6 Å². The molecular formula is C10H16BrN3. The highest BCUT2D eigenvalue weighted by Gasteiger charge is 2.25. The van der Waals surface area contributed by atoms with Gasteiger partial charge in [0, 0.05) is 0 Å². The molecule has 0 aromatic carbocycles. The Kier molecular flexibility index (Phi) is 2.56. The number of halogens is 1. The smallest absolute Gasteiger partial charge is 0.136 e. The molecule has 1 aromatic heterocycles. The molecule has 1 fully saturated rings. The van der Waals surface area contributed by atoms with Gasteiger partial charge in [0.1, 0.15) is 5.82 Å². The van der Waals surface area contributed by atoms with Crippen molar-refractivity contribution in [1.82, 2.24) is 9.78 Å². The minimum Gasteiger partial charge on any atom is -0.383 e. The van der Waals surface area contributed by atoms with Crippen molar-refractivity contribution in [3.8, 4) is 0 Å². The summed E-state index contributed by atoms with van der Waals surface area (Å²) in [7, 11) is 0. The molecule has 1 aromatic rings. The number of nitrogens with zero attached hydrogens (tertiary/aromatic N) is 2. The van der Waals surface area contributed by atoms with Crippen molar-refractivity contribution in [2.24, 2.45) is 5.92 Å². The van der Waals surface area contributed by atoms with E-state index in [-0.39, 0.29) is 0 Å². The van der Waals surface area contributed by atoms with E-state index in [1.165, 1.54) is 19.3 Å². The maximum absolute atomic E-state index is 5.95. The van der Waals surface area contributed by atoms with Crippen LogP contribution in [-0.4, -0.2) is 9.78 Å². The number of nitrogen functional groups attached to an aromatic ring is 1. The third-order valence-corrected chi connectivity index (χ3v) is 3.82. The fraction of sp³-hybridized carbons (Fsp3) is 0.700. The first-order valence-corrected chi connectivity index (χ1v) is 5.89. The maximum Gasteiger partial charge on any atom is 0.136 e. The molecule has 1 heterocycles. The first kappa shape index (κ1) is 10.0. The molecule has 0 spiro atoms. The molecule has 14 heavy (non-hydrogen) atoms. The second kappa shape index (κ2) is 3.57. The minimum absolute atomic E-state index is 0.424. The van der Waals surface area contributed by atoms with E-state index >= 15 is 0 Å². The van der Waals surface area contributed by atoms with Gasteiger partial charge in [0.15, 0.2) is 0 Å². The largest absolute Gasteiger partial charge is 0.383 e. The van der Waals surface area contributed by atoms with Gasteiger partial charge in [-0.25, -0.2) is 4.68 Å². The Morgan fingerprint density at radius 3 is 2.71 bits per heavy atom. The predicted octanol–water partition coefficient (Wildman–Crippen LogP) is 2.90. The van der Waals surface area contributed by atoms with Crippen molar-refractivity contribution in [3.63, 3.8) is 0 Å². The van der Waals surface area contributed by atoms with Gasteiger partial charge in [-0.2, -0.15) is 5.10 Å². The molecule has 1 atom stereocenters. The molecule has 0 aliphatic heterocycles. The molecule has 0 amide bonds. The van der Waals surface area contributed by atoms with E-state index in [0.717, 1.165) is 21.9 Å². The molecule has 0 radical (unpaired) electrons. The predicted molar refractivity (Wildman–Crippen MR) is 61.1 cm³/mol. The third kappa shape index (κ3) is 1.80. The van der Waals surface area contributed by atoms with Crippen molar-refractivity contribution in [2.45, 2.75) is 39.2 Å². The van der Waals surface area contributed by atoms with Gasteiger partial charge in [-0.05, 0) is 42.1 Å². The fourth-order valence-corrected chi connectivity index (χ4v) is 2.08. The third-order valence-electron chi connectivity index (χ3n) is 2.84. The van der Waals surface area contributed by atoms with Crippen LogP contribution in [0.2, 0.25) is 0 Å². The van der Waals surface area contributed by atoms with Crippen LogP contribution in [0, 0.1) is 12.8 Å². The summed E-state index contributed by atoms with van der Waals surface area (Å²) in [4.78, 5) is 0. The van der Waals surface area contributed by atoms with Crippen molar-refractivity contribution in [1.29, 1.82) is 0 Å². The second-order valence-corrected chi connectivity index (χ2v) is 5.05. The van der Waals surface area contributed by atoms with Crippen LogP contribution in [-0.2, 0) is 0 Å². The summed E-state index contributed by atoms with van der Waals surface area (Å²) in [6.45, 7) is 4.16. The normalized spacial score (nSPS) is 18.5. The van der Waals surface area contributed by atoms with Gasteiger partial charge < -0.3 is 5.73 Å². The lowest BCUT2D eigenvalue weighted by molar-refractivity contribution is 0.440. The molecule has 2 N–H and O–H groups in total. The Hall–Kier alpha value is -0.510. The summed E-state index contributed by atoms with van der Waals surface area (Å²) in [6.07, 6.45) is 3.97. The van der Waals surface area contributed by atoms with Gasteiger partial charge in [0.25, 0.3) is 0 Å². The number of aromatic nitrogens is 2. The van der Waals surface area contributed by atoms with Crippen molar-refractivity contribution >= 4 is 21.7 Å². The lowest BCUT2D eigenvalue weighted by Gasteiger charge is -2.12. The lowest BCUT2D eigenvalue weighted by Crippen LogP contribution is -2.11. The molecule has 4 heteroatoms. The molecule has 1 aliphatic carbocycles. The number of anilines is 1. The molecule has 78 valence electrons. The summed E-state index contributed by atoms with van der Waals surface area (Å²) >= 11 is 3.44. The molecule has 1 unspecified atom stereocenters. The van der Waals surface area contributed by atoms with Gasteiger partial charge in [-0.3, -0.25) is 0 Å². The molecule has 3 nitrogen and oxygen atoms in total. The zero-order chi connectivity index (χ0) is 10.3. The van der Waals surface area contributed by atoms with Crippen LogP contribution in [0.5, 0.6) is 0 Å². The number of rotatable bonds is 3. The number of hydrogen-bond donors (Lipinski definition) is 1. The van der Waals surface area contributed by atoms with Crippen LogP contribution in [0.4, 0.5) is 5.82 Å². The Morgan fingerprint density at radius 2 is 2.29 bits per heavy atom. The van der Waals surface area contributed by atoms with E-state index in [0.29, 0.717) is 6.04 Å². The minimum atomic E-state index is 0.424. The van der Waals surface area contributed by atoms with E-state index in [1.54, 1.807) is 0 Å². The monoisotopic (exact) mass is 257 g/mol. The highest BCUT2D eigenvalue weighted by atomic mass is 79.9. The summed E-state index contributed by atoms with van der Waals surface area (Å²) in [5, 5.41) is 4.44. The zero-order valence-corrected chi connectivity index (χ0v) is 10.2. The Morgan fingerprint density at radius 1 is 1.64 bits per heavy atom. The fourth-order valence-electron chi connectivity index (χ4n) is 1.82. The Labute approximate surface area is 92.8 Å². The molecule has 2 rings (SSSR count). The average molecular weight is 258 g/mol. The highest BCUT2D eigenvalue weighted by Crippen LogP contribution is 2.38. The van der Waals surface area contributed by atoms with Crippen molar-refractivity contribution in [2.75, 3.05) is 5.73 Å². The summed E-state index contributed by atoms with van der Waals surface area (Å²) in [6, 6.07) is 0.424. The van der Waals surface area contributed by atoms with Crippen LogP contribution < -0.4 is 5.73 Å². The van der Waals surface area contributed by atoms with Gasteiger partial charge in [0.05, 0.1) is 16.2 Å². The number of aryl methyl sites for hydroxylation is 1. The van der Waals surface area contributed by atoms with E-state index in [9.17, 15) is 0 Å². The van der Waals surface area contributed by atoms with Crippen LogP contribution in [0.1, 0.15) is 37.9 Å². The second-order valence-electron chi connectivity index (χ2n) is 4.26. The molecular weight excluding hydrogens is 242 g/mol. The average Bonchev–Trinajstić information content (AvgIpc) is 2.90. The van der Waals surface area contributed by atoms with Crippen LogP contribution in [0.15, 0.2) is 4.47 Å². The lowest BCUT2D eigenvalue weighted by atomic mass is 10.2. The van der Waals surface area contributed by atoms with E-state index in [2.05, 4.69) is 28.0 Å². The van der Waals surface area contributed by atoms with Gasteiger partial charge in [-0.1, -0.05) is 12.8 Å². The number of nitrogens with two attached hydrogens (primary N) is 1. The SMILES string of the molecule is Cc1nn(C(C)CC2CC2)c(N)c1Br. The molecule has 0 bridgehead atoms. The van der Waals surface area contributed by atoms with Crippen molar-refractivity contribution in [3.05, 3.63) is 10.2 Å². The van der Waals surface area contributed by atoms with E-state index < -0.39 is 0 Å². The molecule has 0 saturated heterocycles. The first-order chi connectivity index (χ1) is 6.59. The van der Waals surface area contributed by atoms with Crippen LogP contribution in [0.25, 0.3) is 0 Å². The molecule has 1 saturated carbocycles. The summed E-state index contributed by atoms with van der Waals surface area (Å²) in [5.41, 5.74) is 6.93. The van der Waals surface area contributed by atoms with Crippen LogP contribution in [0.3, 0.4) is 0 Å². The summed E-state index contributed by atoms with van der Waals surface area (Å²) < 4.78 is 2.89. The van der Waals surface area contributed by atoms with Crippen LogP contribution >= 0.6 is 15.9 Å². The molecule has 1 aliphatic rings. The summed E-state index contributed by atoms with van der Waals surface area (Å²) in [5.74, 6) is 1.67. The van der Waals surface area contributed by atoms with Gasteiger partial charge >= 0.3 is 0 Å². The number of hydrogen-bond acceptors (Lipinski definition) is 2. The zero-order valence-electron chi connectivity index (χ0n) is 8.63.